The number of halogens is 3. The summed E-state index contributed by atoms with van der Waals surface area (Å²) >= 11 is 5.65. The Morgan fingerprint density at radius 1 is 1.31 bits per heavy atom. The van der Waals surface area contributed by atoms with Crippen molar-refractivity contribution in [2.45, 2.75) is 12.5 Å². The largest absolute Gasteiger partial charge is 0.310 e. The van der Waals surface area contributed by atoms with Gasteiger partial charge in [-0.1, -0.05) is 11.6 Å². The summed E-state index contributed by atoms with van der Waals surface area (Å²) in [7, 11) is 0. The van der Waals surface area contributed by atoms with Crippen molar-refractivity contribution >= 4 is 11.6 Å². The first-order chi connectivity index (χ1) is 6.20. The maximum absolute atomic E-state index is 13.2. The van der Waals surface area contributed by atoms with E-state index in [4.69, 9.17) is 11.6 Å². The van der Waals surface area contributed by atoms with Crippen LogP contribution in [0.1, 0.15) is 18.0 Å². The molecule has 0 aromatic heterocycles. The lowest BCUT2D eigenvalue weighted by atomic mass is 9.97. The maximum atomic E-state index is 13.2. The molecule has 0 aliphatic carbocycles. The minimum atomic E-state index is -0.563. The van der Waals surface area contributed by atoms with E-state index in [1.807, 2.05) is 0 Å². The van der Waals surface area contributed by atoms with E-state index in [0.717, 1.165) is 25.1 Å². The van der Waals surface area contributed by atoms with Crippen molar-refractivity contribution in [2.24, 2.45) is 0 Å². The van der Waals surface area contributed by atoms with Gasteiger partial charge in [0.25, 0.3) is 0 Å². The fourth-order valence-corrected chi connectivity index (χ4v) is 1.68. The van der Waals surface area contributed by atoms with Crippen LogP contribution in [0.15, 0.2) is 12.1 Å². The van der Waals surface area contributed by atoms with E-state index in [1.54, 1.807) is 0 Å². The van der Waals surface area contributed by atoms with Crippen LogP contribution in [-0.2, 0) is 0 Å². The monoisotopic (exact) mass is 203 g/mol. The molecule has 0 unspecified atom stereocenters. The molecule has 13 heavy (non-hydrogen) atoms. The highest BCUT2D eigenvalue weighted by Crippen LogP contribution is 2.32. The summed E-state index contributed by atoms with van der Waals surface area (Å²) in [6.07, 6.45) is 0.806. The van der Waals surface area contributed by atoms with E-state index in [0.29, 0.717) is 0 Å². The quantitative estimate of drug-likeness (QED) is 0.692. The molecule has 1 aromatic rings. The first kappa shape index (κ1) is 8.91. The van der Waals surface area contributed by atoms with Crippen molar-refractivity contribution < 1.29 is 8.78 Å². The van der Waals surface area contributed by atoms with Crippen molar-refractivity contribution in [3.05, 3.63) is 34.4 Å². The molecule has 1 atom stereocenters. The van der Waals surface area contributed by atoms with Crippen LogP contribution in [0.3, 0.4) is 0 Å². The number of benzene rings is 1. The molecular weight excluding hydrogens is 196 g/mol. The standard InChI is InChI=1S/C9H8ClF2N/c10-9-6(12)2-1-5(11)8(9)7-3-4-13-7/h1-2,7,13H,3-4H2/t7-/m0/s1. The van der Waals surface area contributed by atoms with Gasteiger partial charge in [-0.15, -0.1) is 0 Å². The van der Waals surface area contributed by atoms with Gasteiger partial charge in [-0.05, 0) is 25.1 Å². The molecule has 70 valence electrons. The highest BCUT2D eigenvalue weighted by molar-refractivity contribution is 6.31. The molecule has 1 aromatic carbocycles. The first-order valence-electron chi connectivity index (χ1n) is 4.07. The summed E-state index contributed by atoms with van der Waals surface area (Å²) in [5.74, 6) is -1.00. The van der Waals surface area contributed by atoms with E-state index in [2.05, 4.69) is 5.32 Å². The third-order valence-corrected chi connectivity index (χ3v) is 2.64. The van der Waals surface area contributed by atoms with Crippen molar-refractivity contribution in [1.29, 1.82) is 0 Å². The molecule has 0 bridgehead atoms. The molecule has 1 aliphatic rings. The topological polar surface area (TPSA) is 12.0 Å². The van der Waals surface area contributed by atoms with Gasteiger partial charge in [0.1, 0.15) is 11.6 Å². The Kier molecular flexibility index (Phi) is 2.22. The zero-order valence-electron chi connectivity index (χ0n) is 6.78. The SMILES string of the molecule is Fc1ccc(F)c([C@@H]2CCN2)c1Cl. The van der Waals surface area contributed by atoms with Gasteiger partial charge >= 0.3 is 0 Å². The third kappa shape index (κ3) is 1.42. The Morgan fingerprint density at radius 2 is 1.92 bits per heavy atom. The predicted octanol–water partition coefficient (Wildman–Crippen LogP) is 2.65. The van der Waals surface area contributed by atoms with Crippen LogP contribution in [0.2, 0.25) is 5.02 Å². The Bertz CT molecular complexity index is 337. The van der Waals surface area contributed by atoms with Crippen molar-refractivity contribution in [2.75, 3.05) is 6.54 Å². The van der Waals surface area contributed by atoms with Gasteiger partial charge in [-0.25, -0.2) is 8.78 Å². The second-order valence-electron chi connectivity index (χ2n) is 3.05. The van der Waals surface area contributed by atoms with Gasteiger partial charge in [0.05, 0.1) is 5.02 Å². The minimum absolute atomic E-state index is 0.0998. The first-order valence-corrected chi connectivity index (χ1v) is 4.44. The van der Waals surface area contributed by atoms with Gasteiger partial charge in [0, 0.05) is 11.6 Å². The van der Waals surface area contributed by atoms with Crippen LogP contribution < -0.4 is 5.32 Å². The predicted molar refractivity (Wildman–Crippen MR) is 46.7 cm³/mol. The molecular formula is C9H8ClF2N. The Morgan fingerprint density at radius 3 is 2.46 bits per heavy atom. The van der Waals surface area contributed by atoms with Crippen LogP contribution in [0.4, 0.5) is 8.78 Å². The number of hydrogen-bond acceptors (Lipinski definition) is 1. The molecule has 4 heteroatoms. The summed E-state index contributed by atoms with van der Waals surface area (Å²) < 4.78 is 26.2. The molecule has 0 spiro atoms. The van der Waals surface area contributed by atoms with Crippen LogP contribution in [0.25, 0.3) is 0 Å². The molecule has 1 nitrogen and oxygen atoms in total. The molecule has 0 amide bonds. The number of nitrogens with one attached hydrogen (secondary N) is 1. The molecule has 1 heterocycles. The van der Waals surface area contributed by atoms with E-state index in [-0.39, 0.29) is 16.6 Å². The average Bonchev–Trinajstić information content (AvgIpc) is 2.02. The molecule has 0 radical (unpaired) electrons. The van der Waals surface area contributed by atoms with E-state index in [1.165, 1.54) is 0 Å². The minimum Gasteiger partial charge on any atom is -0.310 e. The average molecular weight is 204 g/mol. The molecule has 2 rings (SSSR count). The van der Waals surface area contributed by atoms with Crippen LogP contribution in [0, 0.1) is 11.6 Å². The summed E-state index contributed by atoms with van der Waals surface area (Å²) in [5.41, 5.74) is 0.257. The fraction of sp³-hybridized carbons (Fsp3) is 0.333. The lowest BCUT2D eigenvalue weighted by Gasteiger charge is -2.29. The zero-order chi connectivity index (χ0) is 9.42. The maximum Gasteiger partial charge on any atom is 0.142 e. The molecule has 1 aliphatic heterocycles. The van der Waals surface area contributed by atoms with Crippen molar-refractivity contribution in [3.63, 3.8) is 0 Å². The number of hydrogen-bond donors (Lipinski definition) is 1. The van der Waals surface area contributed by atoms with E-state index >= 15 is 0 Å². The fourth-order valence-electron chi connectivity index (χ4n) is 1.40. The summed E-state index contributed by atoms with van der Waals surface area (Å²) in [4.78, 5) is 0. The molecule has 1 saturated heterocycles. The second kappa shape index (κ2) is 3.24. The lowest BCUT2D eigenvalue weighted by molar-refractivity contribution is 0.368. The summed E-state index contributed by atoms with van der Waals surface area (Å²) in [6, 6.07) is 2.03. The normalized spacial score (nSPS) is 21.3. The van der Waals surface area contributed by atoms with Gasteiger partial charge in [0.2, 0.25) is 0 Å². The molecule has 1 N–H and O–H groups in total. The second-order valence-corrected chi connectivity index (χ2v) is 3.43. The van der Waals surface area contributed by atoms with Crippen LogP contribution >= 0.6 is 11.6 Å². The number of rotatable bonds is 1. The molecule has 0 saturated carbocycles. The third-order valence-electron chi connectivity index (χ3n) is 2.25. The summed E-state index contributed by atoms with van der Waals surface area (Å²) in [5, 5.41) is 2.88. The highest BCUT2D eigenvalue weighted by atomic mass is 35.5. The lowest BCUT2D eigenvalue weighted by Crippen LogP contribution is -2.35. The van der Waals surface area contributed by atoms with Gasteiger partial charge in [0.15, 0.2) is 0 Å². The smallest absolute Gasteiger partial charge is 0.142 e. The summed E-state index contributed by atoms with van der Waals surface area (Å²) in [6.45, 7) is 0.830. The highest BCUT2D eigenvalue weighted by Gasteiger charge is 2.25. The Labute approximate surface area is 79.7 Å². The van der Waals surface area contributed by atoms with Gasteiger partial charge < -0.3 is 5.32 Å². The molecule has 1 fully saturated rings. The zero-order valence-corrected chi connectivity index (χ0v) is 7.54. The van der Waals surface area contributed by atoms with E-state index in [9.17, 15) is 8.78 Å². The van der Waals surface area contributed by atoms with Crippen molar-refractivity contribution in [1.82, 2.24) is 5.32 Å². The van der Waals surface area contributed by atoms with Crippen LogP contribution in [-0.4, -0.2) is 6.54 Å². The van der Waals surface area contributed by atoms with Crippen molar-refractivity contribution in [3.8, 4) is 0 Å². The Hall–Kier alpha value is -0.670. The Balaban J connectivity index is 2.46. The van der Waals surface area contributed by atoms with Gasteiger partial charge in [-0.3, -0.25) is 0 Å². The van der Waals surface area contributed by atoms with Gasteiger partial charge in [-0.2, -0.15) is 0 Å². The van der Waals surface area contributed by atoms with E-state index < -0.39 is 11.6 Å². The van der Waals surface area contributed by atoms with Crippen LogP contribution in [0.5, 0.6) is 0 Å².